The zero-order valence-electron chi connectivity index (χ0n) is 8.74. The van der Waals surface area contributed by atoms with Gasteiger partial charge in [0.25, 0.3) is 0 Å². The number of aromatic nitrogens is 1. The number of halogens is 3. The third kappa shape index (κ3) is 1.39. The fourth-order valence-electron chi connectivity index (χ4n) is 1.94. The van der Waals surface area contributed by atoms with Crippen molar-refractivity contribution in [1.29, 1.82) is 0 Å². The quantitative estimate of drug-likeness (QED) is 0.724. The lowest BCUT2D eigenvalue weighted by atomic mass is 10.1. The molecule has 1 aromatic carbocycles. The van der Waals surface area contributed by atoms with Gasteiger partial charge in [0.2, 0.25) is 0 Å². The number of fused-ring (bicyclic) bond motifs is 1. The van der Waals surface area contributed by atoms with Crippen molar-refractivity contribution in [3.8, 4) is 0 Å². The molecule has 1 heterocycles. The number of rotatable bonds is 1. The summed E-state index contributed by atoms with van der Waals surface area (Å²) in [6.07, 6.45) is -0.996. The molecular weight excluding hydrogens is 219 g/mol. The summed E-state index contributed by atoms with van der Waals surface area (Å²) in [5.74, 6) is -3.27. The number of benzene rings is 1. The zero-order chi connectivity index (χ0) is 12.0. The highest BCUT2D eigenvalue weighted by molar-refractivity contribution is 5.86. The van der Waals surface area contributed by atoms with Gasteiger partial charge in [-0.05, 0) is 13.8 Å². The summed E-state index contributed by atoms with van der Waals surface area (Å²) in [6, 6.07) is 0.486. The Kier molecular flexibility index (Phi) is 2.42. The molecule has 0 fully saturated rings. The number of hydrogen-bond acceptors (Lipinski definition) is 1. The van der Waals surface area contributed by atoms with Gasteiger partial charge in [0.05, 0.1) is 11.6 Å². The zero-order valence-corrected chi connectivity index (χ0v) is 8.74. The van der Waals surface area contributed by atoms with Crippen LogP contribution < -0.4 is 0 Å². The lowest BCUT2D eigenvalue weighted by Gasteiger charge is -2.05. The topological polar surface area (TPSA) is 36.0 Å². The molecule has 0 saturated heterocycles. The Hall–Kier alpha value is -1.49. The van der Waals surface area contributed by atoms with E-state index in [9.17, 15) is 18.3 Å². The Morgan fingerprint density at radius 3 is 2.44 bits per heavy atom. The summed E-state index contributed by atoms with van der Waals surface area (Å²) in [7, 11) is 0. The van der Waals surface area contributed by atoms with Gasteiger partial charge in [-0.15, -0.1) is 0 Å². The summed E-state index contributed by atoms with van der Waals surface area (Å²) in [5, 5.41) is 9.25. The van der Waals surface area contributed by atoms with E-state index in [1.54, 1.807) is 6.92 Å². The Bertz CT molecular complexity index is 560. The van der Waals surface area contributed by atoms with Crippen molar-refractivity contribution in [2.75, 3.05) is 0 Å². The minimum atomic E-state index is -1.26. The van der Waals surface area contributed by atoms with Crippen molar-refractivity contribution in [3.05, 3.63) is 34.8 Å². The summed E-state index contributed by atoms with van der Waals surface area (Å²) < 4.78 is 40.0. The lowest BCUT2D eigenvalue weighted by Crippen LogP contribution is -1.95. The second-order valence-electron chi connectivity index (χ2n) is 3.74. The number of aliphatic hydroxyl groups is 1. The van der Waals surface area contributed by atoms with Crippen LogP contribution in [0, 0.1) is 24.4 Å². The standard InChI is InChI=1S/C11H10F3NO/c1-4-8(5(2)16)9-10(14)6(12)3-7(13)11(9)15-4/h3,5,15-16H,1-2H3. The smallest absolute Gasteiger partial charge is 0.168 e. The van der Waals surface area contributed by atoms with E-state index in [1.165, 1.54) is 6.92 Å². The minimum Gasteiger partial charge on any atom is -0.389 e. The summed E-state index contributed by atoms with van der Waals surface area (Å²) in [6.45, 7) is 2.98. The molecule has 2 N–H and O–H groups in total. The minimum absolute atomic E-state index is 0.118. The van der Waals surface area contributed by atoms with Gasteiger partial charge in [-0.2, -0.15) is 0 Å². The summed E-state index contributed by atoms with van der Waals surface area (Å²) in [4.78, 5) is 2.60. The van der Waals surface area contributed by atoms with E-state index >= 15 is 0 Å². The number of aliphatic hydroxyl groups excluding tert-OH is 1. The van der Waals surface area contributed by atoms with E-state index in [-0.39, 0.29) is 16.5 Å². The Balaban J connectivity index is 2.97. The second kappa shape index (κ2) is 3.52. The van der Waals surface area contributed by atoms with Crippen molar-refractivity contribution in [2.45, 2.75) is 20.0 Å². The van der Waals surface area contributed by atoms with Crippen molar-refractivity contribution >= 4 is 10.9 Å². The van der Waals surface area contributed by atoms with Crippen molar-refractivity contribution in [1.82, 2.24) is 4.98 Å². The fourth-order valence-corrected chi connectivity index (χ4v) is 1.94. The van der Waals surface area contributed by atoms with Gasteiger partial charge in [0, 0.05) is 22.7 Å². The Morgan fingerprint density at radius 2 is 1.88 bits per heavy atom. The molecule has 86 valence electrons. The molecule has 0 aliphatic rings. The molecule has 0 saturated carbocycles. The van der Waals surface area contributed by atoms with Crippen molar-refractivity contribution in [3.63, 3.8) is 0 Å². The third-order valence-electron chi connectivity index (χ3n) is 2.58. The SMILES string of the molecule is Cc1[nH]c2c(F)cc(F)c(F)c2c1C(C)O. The highest BCUT2D eigenvalue weighted by Gasteiger charge is 2.21. The summed E-state index contributed by atoms with van der Waals surface area (Å²) in [5.41, 5.74) is 0.492. The molecule has 0 aliphatic heterocycles. The van der Waals surface area contributed by atoms with Crippen molar-refractivity contribution < 1.29 is 18.3 Å². The predicted octanol–water partition coefficient (Wildman–Crippen LogP) is 2.95. The van der Waals surface area contributed by atoms with E-state index in [4.69, 9.17) is 0 Å². The molecule has 5 heteroatoms. The maximum Gasteiger partial charge on any atom is 0.168 e. The van der Waals surface area contributed by atoms with Gasteiger partial charge in [-0.3, -0.25) is 0 Å². The van der Waals surface area contributed by atoms with Gasteiger partial charge < -0.3 is 10.1 Å². The monoisotopic (exact) mass is 229 g/mol. The molecule has 1 unspecified atom stereocenters. The first-order valence-corrected chi connectivity index (χ1v) is 4.77. The number of H-pyrrole nitrogens is 1. The maximum atomic E-state index is 13.5. The van der Waals surface area contributed by atoms with Crippen LogP contribution in [0.1, 0.15) is 24.3 Å². The van der Waals surface area contributed by atoms with Crippen molar-refractivity contribution in [2.24, 2.45) is 0 Å². The predicted molar refractivity (Wildman–Crippen MR) is 53.5 cm³/mol. The van der Waals surface area contributed by atoms with Crippen LogP contribution in [0.5, 0.6) is 0 Å². The number of aromatic amines is 1. The molecule has 0 spiro atoms. The first kappa shape index (κ1) is 11.0. The molecule has 0 amide bonds. The van der Waals surface area contributed by atoms with Gasteiger partial charge in [-0.25, -0.2) is 13.2 Å². The highest BCUT2D eigenvalue weighted by atomic mass is 19.2. The molecule has 0 aliphatic carbocycles. The van der Waals surface area contributed by atoms with E-state index in [2.05, 4.69) is 4.98 Å². The first-order valence-electron chi connectivity index (χ1n) is 4.77. The largest absolute Gasteiger partial charge is 0.389 e. The molecule has 2 rings (SSSR count). The molecule has 16 heavy (non-hydrogen) atoms. The summed E-state index contributed by atoms with van der Waals surface area (Å²) >= 11 is 0. The average Bonchev–Trinajstić information content (AvgIpc) is 2.53. The molecule has 0 bridgehead atoms. The highest BCUT2D eigenvalue weighted by Crippen LogP contribution is 2.32. The third-order valence-corrected chi connectivity index (χ3v) is 2.58. The van der Waals surface area contributed by atoms with Gasteiger partial charge in [-0.1, -0.05) is 0 Å². The van der Waals surface area contributed by atoms with Crippen LogP contribution in [-0.4, -0.2) is 10.1 Å². The molecule has 2 aromatic rings. The van der Waals surface area contributed by atoms with E-state index in [1.807, 2.05) is 0 Å². The molecule has 2 nitrogen and oxygen atoms in total. The van der Waals surface area contributed by atoms with Gasteiger partial charge >= 0.3 is 0 Å². The van der Waals surface area contributed by atoms with Crippen LogP contribution in [0.4, 0.5) is 13.2 Å². The number of nitrogens with one attached hydrogen (secondary N) is 1. The second-order valence-corrected chi connectivity index (χ2v) is 3.74. The lowest BCUT2D eigenvalue weighted by molar-refractivity contribution is 0.200. The Labute approximate surface area is 89.7 Å². The number of hydrogen-bond donors (Lipinski definition) is 2. The molecule has 0 radical (unpaired) electrons. The Morgan fingerprint density at radius 1 is 1.25 bits per heavy atom. The van der Waals surface area contributed by atoms with Crippen LogP contribution in [0.2, 0.25) is 0 Å². The maximum absolute atomic E-state index is 13.5. The van der Waals surface area contributed by atoms with Gasteiger partial charge in [0.1, 0.15) is 5.82 Å². The average molecular weight is 229 g/mol. The normalized spacial score (nSPS) is 13.4. The fraction of sp³-hybridized carbons (Fsp3) is 0.273. The van der Waals surface area contributed by atoms with E-state index < -0.39 is 23.6 Å². The van der Waals surface area contributed by atoms with Crippen LogP contribution in [-0.2, 0) is 0 Å². The molecule has 1 aromatic heterocycles. The van der Waals surface area contributed by atoms with Gasteiger partial charge in [0.15, 0.2) is 11.6 Å². The first-order chi connectivity index (χ1) is 7.43. The molecule has 1 atom stereocenters. The van der Waals surface area contributed by atoms with Crippen LogP contribution in [0.25, 0.3) is 10.9 Å². The van der Waals surface area contributed by atoms with Crippen LogP contribution >= 0.6 is 0 Å². The molecular formula is C11H10F3NO. The van der Waals surface area contributed by atoms with E-state index in [0.29, 0.717) is 11.8 Å². The van der Waals surface area contributed by atoms with Crippen LogP contribution in [0.15, 0.2) is 6.07 Å². The van der Waals surface area contributed by atoms with E-state index in [0.717, 1.165) is 0 Å². The van der Waals surface area contributed by atoms with Crippen LogP contribution in [0.3, 0.4) is 0 Å². The number of aryl methyl sites for hydroxylation is 1.